The summed E-state index contributed by atoms with van der Waals surface area (Å²) in [6, 6.07) is 19.3. The first kappa shape index (κ1) is 62.0. The Hall–Kier alpha value is -7.55. The van der Waals surface area contributed by atoms with Crippen LogP contribution in [0.4, 0.5) is 49.1 Å². The van der Waals surface area contributed by atoms with Crippen LogP contribution in [0.5, 0.6) is 0 Å². The van der Waals surface area contributed by atoms with Crippen LogP contribution in [0.25, 0.3) is 21.1 Å². The molecule has 5 aromatic rings. The maximum absolute atomic E-state index is 13.8. The van der Waals surface area contributed by atoms with Crippen LogP contribution >= 0.6 is 0 Å². The lowest BCUT2D eigenvalue weighted by molar-refractivity contribution is -0.138. The zero-order valence-corrected chi connectivity index (χ0v) is 47.2. The molecule has 0 saturated heterocycles. The molecule has 1 aromatic heterocycles. The highest BCUT2D eigenvalue weighted by molar-refractivity contribution is 6.74. The minimum absolute atomic E-state index is 0.000949. The number of halogens is 6. The van der Waals surface area contributed by atoms with Gasteiger partial charge >= 0.3 is 12.4 Å². The average molecular weight is 1100 g/mol. The number of carbonyl (C=O) groups excluding carboxylic acids is 2. The van der Waals surface area contributed by atoms with Crippen LogP contribution in [0.15, 0.2) is 77.2 Å². The maximum atomic E-state index is 13.8. The van der Waals surface area contributed by atoms with Gasteiger partial charge in [0.2, 0.25) is 11.8 Å². The van der Waals surface area contributed by atoms with E-state index in [-0.39, 0.29) is 49.9 Å². The number of hydrogen-bond donors (Lipinski definition) is 4. The lowest BCUT2D eigenvalue weighted by Gasteiger charge is -2.40. The van der Waals surface area contributed by atoms with Gasteiger partial charge in [-0.3, -0.25) is 20.4 Å². The third-order valence-corrected chi connectivity index (χ3v) is 22.8. The standard InChI is InChI=1S/C27H32F3N5O3Si.C27H30F3N5O2Si/c1-16-20(13-14-21(32-6)22(16)27(28,29)30)33-23(17(2)38-39(7,8)26(3,4)5)25(37)35-34-24(36)19-11-9-18(15-31)10-12-19;1-16-20(13-14-21(32-6)22(16)27(28,29)30)33-23(17(2)37-38(7,8)26(3,4)5)25-35-34-24(36-25)19-11-9-18(15-31)10-12-19/h9-14,17,23,33H,1-5,7-8H3,(H,34,36)(H,35,37);9-14,17,23,33H,1-5,7-8H3/t2*17-,23+/m00/s1. The minimum atomic E-state index is -4.78. The monoisotopic (exact) mass is 1100 g/mol. The SMILES string of the molecule is [C-]#[N+]c1ccc(N[C@@H](C(=O)NNC(=O)c2ccc(C#N)cc2)[C@H](C)O[Si](C)(C)C(C)(C)C)c(C)c1C(F)(F)F.[C-]#[N+]c1ccc(N[C@@H](c2nnc(-c3ccc(C#N)cc3)o2)[C@H](C)O[Si](C)(C)C(C)(C)C)c(C)c1C(F)(F)F. The fourth-order valence-corrected chi connectivity index (χ4v) is 10.1. The highest BCUT2D eigenvalue weighted by Crippen LogP contribution is 2.45. The number of nitriles is 2. The van der Waals surface area contributed by atoms with Gasteiger partial charge in [-0.05, 0) is 136 Å². The Morgan fingerprint density at radius 1 is 0.649 bits per heavy atom. The normalized spacial score (nSPS) is 13.7. The van der Waals surface area contributed by atoms with Gasteiger partial charge < -0.3 is 23.9 Å². The lowest BCUT2D eigenvalue weighted by atomic mass is 10.0. The molecule has 5 rings (SSSR count). The van der Waals surface area contributed by atoms with Gasteiger partial charge in [-0.1, -0.05) is 53.7 Å². The second kappa shape index (κ2) is 24.2. The Balaban J connectivity index is 0.000000333. The third kappa shape index (κ3) is 15.3. The molecule has 0 fully saturated rings. The maximum Gasteiger partial charge on any atom is 0.407 e. The van der Waals surface area contributed by atoms with Gasteiger partial charge in [-0.15, -0.1) is 10.2 Å². The number of hydrazine groups is 1. The van der Waals surface area contributed by atoms with Crippen LogP contribution < -0.4 is 21.5 Å². The molecule has 0 unspecified atom stereocenters. The second-order valence-electron chi connectivity index (χ2n) is 21.2. The second-order valence-corrected chi connectivity index (χ2v) is 30.7. The number of amides is 2. The molecule has 408 valence electrons. The summed E-state index contributed by atoms with van der Waals surface area (Å²) in [5.74, 6) is -1.06. The van der Waals surface area contributed by atoms with Crippen LogP contribution in [0.1, 0.15) is 111 Å². The molecule has 0 saturated carbocycles. The number of alkyl halides is 6. The quantitative estimate of drug-likeness (QED) is 0.0357. The molecule has 0 aliphatic rings. The Morgan fingerprint density at radius 3 is 1.49 bits per heavy atom. The molecule has 1 heterocycles. The predicted molar refractivity (Wildman–Crippen MR) is 285 cm³/mol. The fraction of sp³-hybridized carbons (Fsp3) is 0.407. The van der Waals surface area contributed by atoms with E-state index in [0.717, 1.165) is 12.1 Å². The largest absolute Gasteiger partial charge is 0.418 e. The molecule has 0 aliphatic heterocycles. The van der Waals surface area contributed by atoms with E-state index < -0.39 is 87.6 Å². The predicted octanol–water partition coefficient (Wildman–Crippen LogP) is 14.1. The number of nitrogens with one attached hydrogen (secondary N) is 4. The smallest absolute Gasteiger partial charge is 0.407 e. The Bertz CT molecular complexity index is 3100. The van der Waals surface area contributed by atoms with E-state index in [1.54, 1.807) is 31.2 Å². The minimum Gasteiger partial charge on any atom is -0.418 e. The molecule has 0 spiro atoms. The van der Waals surface area contributed by atoms with E-state index in [1.165, 1.54) is 50.2 Å². The van der Waals surface area contributed by atoms with Crippen LogP contribution in [0.2, 0.25) is 36.3 Å². The molecular weight excluding hydrogens is 1040 g/mol. The Labute approximate surface area is 447 Å². The van der Waals surface area contributed by atoms with Crippen molar-refractivity contribution in [1.29, 1.82) is 10.5 Å². The Morgan fingerprint density at radius 2 is 1.08 bits per heavy atom. The zero-order valence-electron chi connectivity index (χ0n) is 45.2. The average Bonchev–Trinajstić information content (AvgIpc) is 3.83. The van der Waals surface area contributed by atoms with Gasteiger partial charge in [-0.25, -0.2) is 9.69 Å². The highest BCUT2D eigenvalue weighted by Gasteiger charge is 2.44. The van der Waals surface area contributed by atoms with Gasteiger partial charge in [0.1, 0.15) is 12.1 Å². The van der Waals surface area contributed by atoms with E-state index >= 15 is 0 Å². The van der Waals surface area contributed by atoms with Gasteiger partial charge in [-0.2, -0.15) is 36.9 Å². The van der Waals surface area contributed by atoms with Crippen LogP contribution in [0.3, 0.4) is 0 Å². The number of nitrogens with zero attached hydrogens (tertiary/aromatic N) is 6. The third-order valence-electron chi connectivity index (χ3n) is 13.7. The Kier molecular flexibility index (Phi) is 19.5. The summed E-state index contributed by atoms with van der Waals surface area (Å²) in [5.41, 5.74) is 2.96. The van der Waals surface area contributed by atoms with E-state index in [2.05, 4.69) is 75.2 Å². The van der Waals surface area contributed by atoms with Crippen LogP contribution in [-0.2, 0) is 26.0 Å². The molecule has 23 heteroatoms. The van der Waals surface area contributed by atoms with Crippen molar-refractivity contribution in [1.82, 2.24) is 21.0 Å². The van der Waals surface area contributed by atoms with Gasteiger partial charge in [0.15, 0.2) is 28.0 Å². The lowest BCUT2D eigenvalue weighted by Crippen LogP contribution is -2.55. The van der Waals surface area contributed by atoms with Crippen molar-refractivity contribution in [2.24, 2.45) is 0 Å². The first-order chi connectivity index (χ1) is 35.5. The molecule has 4 atom stereocenters. The number of benzene rings is 4. The number of aromatic nitrogens is 2. The first-order valence-electron chi connectivity index (χ1n) is 24.0. The first-order valence-corrected chi connectivity index (χ1v) is 29.8. The molecule has 4 aromatic carbocycles. The van der Waals surface area contributed by atoms with Crippen molar-refractivity contribution in [3.05, 3.63) is 140 Å². The van der Waals surface area contributed by atoms with Crippen molar-refractivity contribution in [2.45, 2.75) is 142 Å². The number of anilines is 2. The molecule has 0 bridgehead atoms. The van der Waals surface area contributed by atoms with Gasteiger partial charge in [0.05, 0.1) is 59.7 Å². The van der Waals surface area contributed by atoms with Crippen molar-refractivity contribution in [3.63, 3.8) is 0 Å². The van der Waals surface area contributed by atoms with E-state index in [4.69, 9.17) is 36.9 Å². The summed E-state index contributed by atoms with van der Waals surface area (Å²) >= 11 is 0. The summed E-state index contributed by atoms with van der Waals surface area (Å²) in [4.78, 5) is 31.9. The summed E-state index contributed by atoms with van der Waals surface area (Å²) in [7, 11) is -4.72. The highest BCUT2D eigenvalue weighted by atomic mass is 28.4. The summed E-state index contributed by atoms with van der Waals surface area (Å²) in [6.07, 6.45) is -10.8. The summed E-state index contributed by atoms with van der Waals surface area (Å²) in [5, 5.41) is 32.0. The van der Waals surface area contributed by atoms with Crippen molar-refractivity contribution in [3.8, 4) is 23.6 Å². The fourth-order valence-electron chi connectivity index (χ4n) is 7.27. The van der Waals surface area contributed by atoms with Crippen molar-refractivity contribution in [2.75, 3.05) is 10.6 Å². The molecular formula is C54H62F6N10O5Si2. The van der Waals surface area contributed by atoms with Crippen LogP contribution in [0, 0.1) is 49.7 Å². The number of rotatable bonds is 14. The van der Waals surface area contributed by atoms with Gasteiger partial charge in [0, 0.05) is 22.5 Å². The molecule has 0 radical (unpaired) electrons. The molecule has 4 N–H and O–H groups in total. The zero-order chi connectivity index (χ0) is 58.2. The van der Waals surface area contributed by atoms with Gasteiger partial charge in [0.25, 0.3) is 11.8 Å². The topological polar surface area (TPSA) is 196 Å². The van der Waals surface area contributed by atoms with Crippen molar-refractivity contribution >= 4 is 51.2 Å². The molecule has 2 amide bonds. The van der Waals surface area contributed by atoms with E-state index in [1.807, 2.05) is 52.9 Å². The van der Waals surface area contributed by atoms with Crippen molar-refractivity contribution < 1.29 is 49.2 Å². The molecule has 77 heavy (non-hydrogen) atoms. The number of hydrogen-bond acceptors (Lipinski definition) is 11. The molecule has 15 nitrogen and oxygen atoms in total. The summed E-state index contributed by atoms with van der Waals surface area (Å²) < 4.78 is 102. The summed E-state index contributed by atoms with van der Waals surface area (Å²) in [6.45, 7) is 40.7. The molecule has 0 aliphatic carbocycles. The van der Waals surface area contributed by atoms with E-state index in [0.29, 0.717) is 16.7 Å². The van der Waals surface area contributed by atoms with Crippen LogP contribution in [-0.4, -0.2) is 56.9 Å². The van der Waals surface area contributed by atoms with E-state index in [9.17, 15) is 35.9 Å². The number of carbonyl (C=O) groups is 2.